The van der Waals surface area contributed by atoms with Gasteiger partial charge in [-0.15, -0.1) is 0 Å². The largest absolute Gasteiger partial charge is 0.338 e. The summed E-state index contributed by atoms with van der Waals surface area (Å²) < 4.78 is 0. The van der Waals surface area contributed by atoms with Crippen molar-refractivity contribution < 1.29 is 4.79 Å². The topological polar surface area (TPSA) is 23.6 Å². The highest BCUT2D eigenvalue weighted by Gasteiger charge is 2.31. The van der Waals surface area contributed by atoms with Crippen LogP contribution in [0.3, 0.4) is 0 Å². The van der Waals surface area contributed by atoms with Crippen LogP contribution in [0.4, 0.5) is 0 Å². The molecule has 0 bridgehead atoms. The molecule has 3 atom stereocenters. The Kier molecular flexibility index (Phi) is 6.23. The van der Waals surface area contributed by atoms with Gasteiger partial charge in [0.2, 0.25) is 0 Å². The fraction of sp³-hybridized carbons (Fsp3) is 0.650. The molecule has 3 rings (SSSR count). The second-order valence-electron chi connectivity index (χ2n) is 7.26. The molecule has 1 aliphatic carbocycles. The summed E-state index contributed by atoms with van der Waals surface area (Å²) in [5, 5.41) is 0.863. The summed E-state index contributed by atoms with van der Waals surface area (Å²) in [6, 6.07) is 10.4. The van der Waals surface area contributed by atoms with E-state index in [0.29, 0.717) is 5.92 Å². The lowest BCUT2D eigenvalue weighted by Gasteiger charge is -2.27. The molecular weight excluding hydrogens is 316 g/mol. The highest BCUT2D eigenvalue weighted by atomic mass is 32.2. The van der Waals surface area contributed by atoms with E-state index in [-0.39, 0.29) is 5.91 Å². The van der Waals surface area contributed by atoms with E-state index >= 15 is 0 Å². The maximum atomic E-state index is 12.6. The Labute approximate surface area is 150 Å². The molecular formula is C20H30N2OS. The van der Waals surface area contributed by atoms with Crippen LogP contribution in [0, 0.1) is 5.92 Å². The van der Waals surface area contributed by atoms with E-state index < -0.39 is 0 Å². The van der Waals surface area contributed by atoms with Gasteiger partial charge in [0.15, 0.2) is 0 Å². The van der Waals surface area contributed by atoms with Crippen molar-refractivity contribution in [3.05, 3.63) is 35.9 Å². The molecule has 3 nitrogen and oxygen atoms in total. The Bertz CT molecular complexity index is 536. The van der Waals surface area contributed by atoms with Crippen molar-refractivity contribution in [2.24, 2.45) is 5.92 Å². The quantitative estimate of drug-likeness (QED) is 0.784. The number of thioether (sulfide) groups is 1. The van der Waals surface area contributed by atoms with E-state index in [2.05, 4.69) is 30.6 Å². The molecule has 24 heavy (non-hydrogen) atoms. The number of nitrogens with zero attached hydrogens (tertiary/aromatic N) is 2. The van der Waals surface area contributed by atoms with Gasteiger partial charge in [0.05, 0.1) is 0 Å². The van der Waals surface area contributed by atoms with Crippen LogP contribution in [0.25, 0.3) is 0 Å². The van der Waals surface area contributed by atoms with Gasteiger partial charge in [-0.1, -0.05) is 25.1 Å². The van der Waals surface area contributed by atoms with E-state index in [4.69, 9.17) is 0 Å². The first-order valence-electron chi connectivity index (χ1n) is 9.33. The van der Waals surface area contributed by atoms with Gasteiger partial charge in [-0.05, 0) is 56.5 Å². The van der Waals surface area contributed by atoms with Crippen LogP contribution in [-0.2, 0) is 0 Å². The number of hydrogen-bond donors (Lipinski definition) is 0. The Hall–Kier alpha value is -1.00. The van der Waals surface area contributed by atoms with Gasteiger partial charge in [-0.2, -0.15) is 11.8 Å². The molecule has 0 aromatic heterocycles. The van der Waals surface area contributed by atoms with Crippen LogP contribution in [0.15, 0.2) is 30.3 Å². The molecule has 4 heteroatoms. The summed E-state index contributed by atoms with van der Waals surface area (Å²) in [6.07, 6.45) is 5.20. The number of hydrogen-bond acceptors (Lipinski definition) is 3. The molecule has 3 unspecified atom stereocenters. The van der Waals surface area contributed by atoms with Gasteiger partial charge < -0.3 is 9.80 Å². The highest BCUT2D eigenvalue weighted by molar-refractivity contribution is 7.99. The molecule has 1 saturated carbocycles. The Morgan fingerprint density at radius 2 is 2.04 bits per heavy atom. The molecule has 2 aliphatic rings. The summed E-state index contributed by atoms with van der Waals surface area (Å²) in [7, 11) is 2.28. The number of benzene rings is 1. The fourth-order valence-electron chi connectivity index (χ4n) is 4.19. The van der Waals surface area contributed by atoms with Crippen LogP contribution in [0.1, 0.15) is 43.0 Å². The van der Waals surface area contributed by atoms with Crippen molar-refractivity contribution in [3.8, 4) is 0 Å². The van der Waals surface area contributed by atoms with Crippen molar-refractivity contribution in [2.45, 2.75) is 43.9 Å². The minimum Gasteiger partial charge on any atom is -0.338 e. The Morgan fingerprint density at radius 3 is 2.79 bits per heavy atom. The summed E-state index contributed by atoms with van der Waals surface area (Å²) >= 11 is 2.13. The Morgan fingerprint density at radius 1 is 1.25 bits per heavy atom. The normalized spacial score (nSPS) is 27.1. The van der Waals surface area contributed by atoms with Gasteiger partial charge in [0, 0.05) is 36.5 Å². The predicted octanol–water partition coefficient (Wildman–Crippen LogP) is 3.75. The summed E-state index contributed by atoms with van der Waals surface area (Å²) in [6.45, 7) is 5.22. The van der Waals surface area contributed by atoms with E-state index in [1.807, 2.05) is 35.2 Å². The van der Waals surface area contributed by atoms with Crippen molar-refractivity contribution in [2.75, 3.05) is 32.4 Å². The number of likely N-dealkylation sites (tertiary alicyclic amines) is 1. The van der Waals surface area contributed by atoms with Crippen LogP contribution in [0.2, 0.25) is 0 Å². The average Bonchev–Trinajstić information content (AvgIpc) is 3.25. The van der Waals surface area contributed by atoms with Gasteiger partial charge in [0.25, 0.3) is 5.91 Å². The van der Waals surface area contributed by atoms with Crippen LogP contribution >= 0.6 is 11.8 Å². The minimum atomic E-state index is 0.195. The van der Waals surface area contributed by atoms with Crippen molar-refractivity contribution in [3.63, 3.8) is 0 Å². The van der Waals surface area contributed by atoms with Crippen LogP contribution in [-0.4, -0.2) is 59.4 Å². The number of carbonyl (C=O) groups is 1. The second kappa shape index (κ2) is 8.39. The van der Waals surface area contributed by atoms with Gasteiger partial charge in [0.1, 0.15) is 0 Å². The molecule has 132 valence electrons. The molecule has 1 heterocycles. The zero-order valence-corrected chi connectivity index (χ0v) is 15.8. The molecule has 0 N–H and O–H groups in total. The van der Waals surface area contributed by atoms with E-state index in [1.165, 1.54) is 25.0 Å². The Balaban J connectivity index is 1.47. The SMILES string of the molecule is CCSC1CCC(N(C)CC2CCN(C(=O)c3ccccc3)C2)C1. The summed E-state index contributed by atoms with van der Waals surface area (Å²) in [5.41, 5.74) is 0.821. The minimum absolute atomic E-state index is 0.195. The van der Waals surface area contributed by atoms with E-state index in [0.717, 1.165) is 42.9 Å². The molecule has 1 aromatic carbocycles. The second-order valence-corrected chi connectivity index (χ2v) is 8.83. The third-order valence-corrected chi connectivity index (χ3v) is 6.76. The molecule has 2 fully saturated rings. The molecule has 1 saturated heterocycles. The smallest absolute Gasteiger partial charge is 0.253 e. The molecule has 1 aromatic rings. The molecule has 1 aliphatic heterocycles. The monoisotopic (exact) mass is 346 g/mol. The maximum absolute atomic E-state index is 12.6. The predicted molar refractivity (Wildman–Crippen MR) is 103 cm³/mol. The third kappa shape index (κ3) is 4.34. The van der Waals surface area contributed by atoms with E-state index in [9.17, 15) is 4.79 Å². The third-order valence-electron chi connectivity index (χ3n) is 5.52. The molecule has 0 radical (unpaired) electrons. The molecule has 0 spiro atoms. The lowest BCUT2D eigenvalue weighted by molar-refractivity contribution is 0.0783. The first-order valence-corrected chi connectivity index (χ1v) is 10.4. The van der Waals surface area contributed by atoms with E-state index in [1.54, 1.807) is 0 Å². The first kappa shape index (κ1) is 17.8. The first-order chi connectivity index (χ1) is 11.7. The van der Waals surface area contributed by atoms with Crippen molar-refractivity contribution >= 4 is 17.7 Å². The highest BCUT2D eigenvalue weighted by Crippen LogP contribution is 2.33. The number of amides is 1. The zero-order chi connectivity index (χ0) is 16.9. The lowest BCUT2D eigenvalue weighted by Crippen LogP contribution is -2.36. The summed E-state index contributed by atoms with van der Waals surface area (Å²) in [5.74, 6) is 2.06. The fourth-order valence-corrected chi connectivity index (χ4v) is 5.32. The van der Waals surface area contributed by atoms with Crippen molar-refractivity contribution in [1.82, 2.24) is 9.80 Å². The average molecular weight is 347 g/mol. The zero-order valence-electron chi connectivity index (χ0n) is 15.0. The lowest BCUT2D eigenvalue weighted by atomic mass is 10.1. The molecule has 1 amide bonds. The maximum Gasteiger partial charge on any atom is 0.253 e. The van der Waals surface area contributed by atoms with Gasteiger partial charge in [-0.25, -0.2) is 0 Å². The van der Waals surface area contributed by atoms with Gasteiger partial charge >= 0.3 is 0 Å². The summed E-state index contributed by atoms with van der Waals surface area (Å²) in [4.78, 5) is 17.2. The number of carbonyl (C=O) groups excluding carboxylic acids is 1. The number of rotatable bonds is 6. The van der Waals surface area contributed by atoms with Crippen molar-refractivity contribution in [1.29, 1.82) is 0 Å². The van der Waals surface area contributed by atoms with Gasteiger partial charge in [-0.3, -0.25) is 4.79 Å². The standard InChI is InChI=1S/C20H30N2OS/c1-3-24-19-10-9-18(13-19)21(2)14-16-11-12-22(15-16)20(23)17-7-5-4-6-8-17/h4-8,16,18-19H,3,9-15H2,1-2H3. The van der Waals surface area contributed by atoms with Crippen LogP contribution < -0.4 is 0 Å². The van der Waals surface area contributed by atoms with Crippen LogP contribution in [0.5, 0.6) is 0 Å².